The molecular formula is C30H28Cl3NO5. The Bertz CT molecular complexity index is 1470. The molecule has 4 aromatic rings. The SMILES string of the molecule is CCCCCCCOc1c(Cl)cc(C(=O)Nc2c(C(=O)c3ccc(OC)c(Cl)c3)oc3ccccc23)cc1Cl. The van der Waals surface area contributed by atoms with Crippen LogP contribution in [0, 0.1) is 0 Å². The molecule has 0 spiro atoms. The molecule has 0 aliphatic rings. The first-order valence-electron chi connectivity index (χ1n) is 12.7. The third-order valence-electron chi connectivity index (χ3n) is 6.21. The molecule has 9 heteroatoms. The standard InChI is InChI=1S/C30H28Cl3NO5/c1-3-4-5-6-9-14-38-28-22(32)16-19(17-23(28)33)30(36)34-26-20-10-7-8-11-24(20)39-29(26)27(35)18-12-13-25(37-2)21(31)15-18/h7-8,10-13,15-17H,3-6,9,14H2,1-2H3,(H,34,36). The Morgan fingerprint density at radius 2 is 1.56 bits per heavy atom. The van der Waals surface area contributed by atoms with Crippen molar-refractivity contribution in [2.75, 3.05) is 19.0 Å². The maximum atomic E-state index is 13.4. The number of furan rings is 1. The van der Waals surface area contributed by atoms with Crippen molar-refractivity contribution in [3.63, 3.8) is 0 Å². The first-order chi connectivity index (χ1) is 18.8. The van der Waals surface area contributed by atoms with E-state index in [1.54, 1.807) is 36.4 Å². The third-order valence-corrected chi connectivity index (χ3v) is 7.07. The number of ether oxygens (including phenoxy) is 2. The third kappa shape index (κ3) is 6.70. The summed E-state index contributed by atoms with van der Waals surface area (Å²) in [5.74, 6) is -0.232. The molecule has 1 amide bonds. The van der Waals surface area contributed by atoms with Gasteiger partial charge in [-0.15, -0.1) is 0 Å². The van der Waals surface area contributed by atoms with Gasteiger partial charge in [-0.25, -0.2) is 0 Å². The van der Waals surface area contributed by atoms with E-state index in [9.17, 15) is 9.59 Å². The number of carbonyl (C=O) groups is 2. The quantitative estimate of drug-likeness (QED) is 0.132. The number of hydrogen-bond acceptors (Lipinski definition) is 5. The number of para-hydroxylation sites is 1. The number of hydrogen-bond donors (Lipinski definition) is 1. The molecule has 0 saturated carbocycles. The lowest BCUT2D eigenvalue weighted by Gasteiger charge is -2.12. The van der Waals surface area contributed by atoms with Crippen molar-refractivity contribution in [2.24, 2.45) is 0 Å². The predicted molar refractivity (Wildman–Crippen MR) is 156 cm³/mol. The maximum Gasteiger partial charge on any atom is 0.255 e. The minimum Gasteiger partial charge on any atom is -0.495 e. The summed E-state index contributed by atoms with van der Waals surface area (Å²) in [5, 5.41) is 4.10. The van der Waals surface area contributed by atoms with Crippen molar-refractivity contribution in [3.05, 3.63) is 86.6 Å². The molecule has 204 valence electrons. The summed E-state index contributed by atoms with van der Waals surface area (Å²) in [4.78, 5) is 26.8. The molecule has 0 aliphatic carbocycles. The van der Waals surface area contributed by atoms with Gasteiger partial charge in [0.05, 0.1) is 34.5 Å². The van der Waals surface area contributed by atoms with Crippen LogP contribution >= 0.6 is 34.8 Å². The topological polar surface area (TPSA) is 77.8 Å². The zero-order valence-corrected chi connectivity index (χ0v) is 23.9. The molecule has 4 rings (SSSR count). The Hall–Kier alpha value is -3.19. The second-order valence-electron chi connectivity index (χ2n) is 8.97. The zero-order valence-electron chi connectivity index (χ0n) is 21.6. The molecule has 0 bridgehead atoms. The van der Waals surface area contributed by atoms with Crippen LogP contribution in [0.15, 0.2) is 59.0 Å². The lowest BCUT2D eigenvalue weighted by Crippen LogP contribution is -2.14. The van der Waals surface area contributed by atoms with Gasteiger partial charge in [0.15, 0.2) is 11.5 Å². The second kappa shape index (κ2) is 13.2. The van der Waals surface area contributed by atoms with Gasteiger partial charge in [-0.05, 0) is 48.9 Å². The predicted octanol–water partition coefficient (Wildman–Crippen LogP) is 9.23. The summed E-state index contributed by atoms with van der Waals surface area (Å²) in [6.07, 6.45) is 5.46. The molecule has 6 nitrogen and oxygen atoms in total. The molecule has 1 aromatic heterocycles. The van der Waals surface area contributed by atoms with Gasteiger partial charge in [0.25, 0.3) is 5.91 Å². The summed E-state index contributed by atoms with van der Waals surface area (Å²) < 4.78 is 16.9. The minimum absolute atomic E-state index is 0.0361. The number of amides is 1. The van der Waals surface area contributed by atoms with Crippen molar-refractivity contribution in [2.45, 2.75) is 39.0 Å². The van der Waals surface area contributed by atoms with Crippen molar-refractivity contribution in [1.82, 2.24) is 0 Å². The number of fused-ring (bicyclic) bond motifs is 1. The molecule has 0 saturated heterocycles. The summed E-state index contributed by atoms with van der Waals surface area (Å²) in [5.41, 5.74) is 1.15. The smallest absolute Gasteiger partial charge is 0.255 e. The number of nitrogens with one attached hydrogen (secondary N) is 1. The van der Waals surface area contributed by atoms with Crippen LogP contribution in [0.2, 0.25) is 15.1 Å². The largest absolute Gasteiger partial charge is 0.495 e. The lowest BCUT2D eigenvalue weighted by molar-refractivity contribution is 0.101. The van der Waals surface area contributed by atoms with Crippen molar-refractivity contribution >= 4 is 63.1 Å². The van der Waals surface area contributed by atoms with Crippen LogP contribution in [0.4, 0.5) is 5.69 Å². The fourth-order valence-corrected chi connectivity index (χ4v) is 5.02. The summed E-state index contributed by atoms with van der Waals surface area (Å²) >= 11 is 19.1. The van der Waals surface area contributed by atoms with Crippen molar-refractivity contribution < 1.29 is 23.5 Å². The van der Waals surface area contributed by atoms with E-state index < -0.39 is 11.7 Å². The van der Waals surface area contributed by atoms with Gasteiger partial charge in [-0.2, -0.15) is 0 Å². The lowest BCUT2D eigenvalue weighted by atomic mass is 10.1. The number of methoxy groups -OCH3 is 1. The number of anilines is 1. The monoisotopic (exact) mass is 587 g/mol. The van der Waals surface area contributed by atoms with Crippen LogP contribution in [0.1, 0.15) is 65.5 Å². The van der Waals surface area contributed by atoms with E-state index in [0.717, 1.165) is 19.3 Å². The molecule has 3 aromatic carbocycles. The number of carbonyl (C=O) groups excluding carboxylic acids is 2. The van der Waals surface area contributed by atoms with Gasteiger partial charge in [0.1, 0.15) is 11.3 Å². The summed E-state index contributed by atoms with van der Waals surface area (Å²) in [6, 6.07) is 14.7. The van der Waals surface area contributed by atoms with E-state index in [2.05, 4.69) is 12.2 Å². The summed E-state index contributed by atoms with van der Waals surface area (Å²) in [6.45, 7) is 2.65. The Labute approximate surface area is 242 Å². The van der Waals surface area contributed by atoms with E-state index in [1.165, 1.54) is 38.2 Å². The highest BCUT2D eigenvalue weighted by Gasteiger charge is 2.25. The second-order valence-corrected chi connectivity index (χ2v) is 10.2. The molecular weight excluding hydrogens is 561 g/mol. The Kier molecular flexibility index (Phi) is 9.78. The van der Waals surface area contributed by atoms with Gasteiger partial charge in [0.2, 0.25) is 5.78 Å². The van der Waals surface area contributed by atoms with E-state index in [4.69, 9.17) is 48.7 Å². The highest BCUT2D eigenvalue weighted by atomic mass is 35.5. The van der Waals surface area contributed by atoms with Crippen LogP contribution in [-0.2, 0) is 0 Å². The van der Waals surface area contributed by atoms with Crippen LogP contribution in [-0.4, -0.2) is 25.4 Å². The normalized spacial score (nSPS) is 11.0. The average molecular weight is 589 g/mol. The Balaban J connectivity index is 1.58. The van der Waals surface area contributed by atoms with Crippen LogP contribution < -0.4 is 14.8 Å². The average Bonchev–Trinajstić information content (AvgIpc) is 3.29. The molecule has 0 fully saturated rings. The summed E-state index contributed by atoms with van der Waals surface area (Å²) in [7, 11) is 1.49. The van der Waals surface area contributed by atoms with E-state index in [-0.39, 0.29) is 37.6 Å². The van der Waals surface area contributed by atoms with Gasteiger partial charge < -0.3 is 19.2 Å². The van der Waals surface area contributed by atoms with E-state index in [0.29, 0.717) is 29.1 Å². The fourth-order valence-electron chi connectivity index (χ4n) is 4.16. The number of ketones is 1. The number of benzene rings is 3. The van der Waals surface area contributed by atoms with Crippen molar-refractivity contribution in [1.29, 1.82) is 0 Å². The molecule has 0 radical (unpaired) electrons. The van der Waals surface area contributed by atoms with Crippen LogP contribution in [0.25, 0.3) is 11.0 Å². The van der Waals surface area contributed by atoms with Gasteiger partial charge >= 0.3 is 0 Å². The van der Waals surface area contributed by atoms with E-state index >= 15 is 0 Å². The Morgan fingerprint density at radius 3 is 2.26 bits per heavy atom. The Morgan fingerprint density at radius 1 is 0.872 bits per heavy atom. The van der Waals surface area contributed by atoms with Crippen LogP contribution in [0.3, 0.4) is 0 Å². The molecule has 39 heavy (non-hydrogen) atoms. The molecule has 0 unspecified atom stereocenters. The molecule has 0 atom stereocenters. The first-order valence-corrected chi connectivity index (χ1v) is 13.8. The first kappa shape index (κ1) is 28.8. The number of unbranched alkanes of at least 4 members (excludes halogenated alkanes) is 4. The van der Waals surface area contributed by atoms with Crippen molar-refractivity contribution in [3.8, 4) is 11.5 Å². The molecule has 1 N–H and O–H groups in total. The number of rotatable bonds is 12. The zero-order chi connectivity index (χ0) is 27.9. The van der Waals surface area contributed by atoms with Gasteiger partial charge in [0, 0.05) is 16.5 Å². The van der Waals surface area contributed by atoms with Gasteiger partial charge in [-0.1, -0.05) is 79.5 Å². The van der Waals surface area contributed by atoms with Crippen LogP contribution in [0.5, 0.6) is 11.5 Å². The highest BCUT2D eigenvalue weighted by Crippen LogP contribution is 2.37. The van der Waals surface area contributed by atoms with Gasteiger partial charge in [-0.3, -0.25) is 9.59 Å². The molecule has 1 heterocycles. The fraction of sp³-hybridized carbons (Fsp3) is 0.267. The highest BCUT2D eigenvalue weighted by molar-refractivity contribution is 6.38. The van der Waals surface area contributed by atoms with E-state index in [1.807, 2.05) is 0 Å². The number of halogens is 3. The minimum atomic E-state index is -0.515. The maximum absolute atomic E-state index is 13.4. The molecule has 0 aliphatic heterocycles.